The molecule has 4 aromatic rings. The van der Waals surface area contributed by atoms with Crippen molar-refractivity contribution in [2.45, 2.75) is 6.43 Å². The third kappa shape index (κ3) is 3.27. The first-order chi connectivity index (χ1) is 13.1. The topological polar surface area (TPSA) is 59.3 Å². The Morgan fingerprint density at radius 1 is 1.00 bits per heavy atom. The van der Waals surface area contributed by atoms with E-state index < -0.39 is 12.3 Å². The highest BCUT2D eigenvalue weighted by molar-refractivity contribution is 6.08. The van der Waals surface area contributed by atoms with Crippen LogP contribution in [-0.2, 0) is 0 Å². The molecule has 0 spiro atoms. The van der Waals surface area contributed by atoms with Crippen molar-refractivity contribution in [3.05, 3.63) is 84.2 Å². The van der Waals surface area contributed by atoms with Crippen LogP contribution < -0.4 is 5.32 Å². The lowest BCUT2D eigenvalue weighted by Gasteiger charge is -2.09. The van der Waals surface area contributed by atoms with Crippen molar-refractivity contribution in [3.63, 3.8) is 0 Å². The molecule has 7 heteroatoms. The molecule has 0 aliphatic carbocycles. The van der Waals surface area contributed by atoms with Gasteiger partial charge in [0.15, 0.2) is 5.65 Å². The molecule has 0 fully saturated rings. The van der Waals surface area contributed by atoms with E-state index in [2.05, 4.69) is 15.4 Å². The number of benzene rings is 2. The number of halogens is 2. The van der Waals surface area contributed by atoms with Gasteiger partial charge in [-0.3, -0.25) is 4.79 Å². The number of amides is 1. The molecule has 0 atom stereocenters. The fraction of sp³-hybridized carbons (Fsp3) is 0.0500. The van der Waals surface area contributed by atoms with Gasteiger partial charge in [-0.25, -0.2) is 18.3 Å². The normalized spacial score (nSPS) is 11.1. The fourth-order valence-electron chi connectivity index (χ4n) is 2.78. The Kier molecular flexibility index (Phi) is 4.33. The van der Waals surface area contributed by atoms with Gasteiger partial charge in [-0.1, -0.05) is 48.5 Å². The molecule has 0 saturated carbocycles. The van der Waals surface area contributed by atoms with Crippen LogP contribution in [0.3, 0.4) is 0 Å². The number of hydrogen-bond donors (Lipinski definition) is 1. The van der Waals surface area contributed by atoms with E-state index in [1.807, 2.05) is 12.1 Å². The summed E-state index contributed by atoms with van der Waals surface area (Å²) in [5.74, 6) is -0.464. The van der Waals surface area contributed by atoms with Crippen LogP contribution in [0.25, 0.3) is 16.9 Å². The summed E-state index contributed by atoms with van der Waals surface area (Å²) in [4.78, 5) is 17.0. The van der Waals surface area contributed by atoms with Crippen molar-refractivity contribution in [2.75, 3.05) is 5.32 Å². The number of anilines is 1. The minimum absolute atomic E-state index is 0.0834. The molecular weight excluding hydrogens is 350 g/mol. The number of nitrogens with one attached hydrogen (secondary N) is 1. The van der Waals surface area contributed by atoms with Crippen LogP contribution in [0.5, 0.6) is 0 Å². The van der Waals surface area contributed by atoms with E-state index in [-0.39, 0.29) is 16.9 Å². The largest absolute Gasteiger partial charge is 0.322 e. The number of rotatable bonds is 4. The van der Waals surface area contributed by atoms with Crippen molar-refractivity contribution >= 4 is 17.2 Å². The second-order valence-electron chi connectivity index (χ2n) is 5.85. The molecule has 2 aromatic carbocycles. The fourth-order valence-corrected chi connectivity index (χ4v) is 2.78. The van der Waals surface area contributed by atoms with E-state index in [4.69, 9.17) is 0 Å². The SMILES string of the molecule is O=C(Nc1ccccc1)c1cnn2c(C(F)F)cc(-c3ccccc3)nc12. The van der Waals surface area contributed by atoms with E-state index in [9.17, 15) is 13.6 Å². The molecule has 4 rings (SSSR count). The molecule has 2 heterocycles. The number of nitrogens with zero attached hydrogens (tertiary/aromatic N) is 3. The predicted octanol–water partition coefficient (Wildman–Crippen LogP) is 4.59. The molecule has 0 bridgehead atoms. The minimum Gasteiger partial charge on any atom is -0.322 e. The second kappa shape index (κ2) is 6.95. The Hall–Kier alpha value is -3.61. The van der Waals surface area contributed by atoms with Gasteiger partial charge in [0.1, 0.15) is 11.3 Å². The molecule has 2 aromatic heterocycles. The van der Waals surface area contributed by atoms with Crippen molar-refractivity contribution in [3.8, 4) is 11.3 Å². The molecule has 0 radical (unpaired) electrons. The summed E-state index contributed by atoms with van der Waals surface area (Å²) in [5.41, 5.74) is 1.51. The zero-order chi connectivity index (χ0) is 18.8. The van der Waals surface area contributed by atoms with Gasteiger partial charge in [0.25, 0.3) is 12.3 Å². The number of fused-ring (bicyclic) bond motifs is 1. The first-order valence-electron chi connectivity index (χ1n) is 8.22. The summed E-state index contributed by atoms with van der Waals surface area (Å²) >= 11 is 0. The number of hydrogen-bond acceptors (Lipinski definition) is 3. The molecule has 134 valence electrons. The first kappa shape index (κ1) is 16.8. The Morgan fingerprint density at radius 2 is 1.67 bits per heavy atom. The van der Waals surface area contributed by atoms with E-state index >= 15 is 0 Å². The summed E-state index contributed by atoms with van der Waals surface area (Å²) in [7, 11) is 0. The highest BCUT2D eigenvalue weighted by atomic mass is 19.3. The van der Waals surface area contributed by atoms with Gasteiger partial charge in [-0.15, -0.1) is 0 Å². The molecule has 1 amide bonds. The standard InChI is InChI=1S/C20H14F2N4O/c21-18(22)17-11-16(13-7-3-1-4-8-13)25-19-15(12-23-26(17)19)20(27)24-14-9-5-2-6-10-14/h1-12,18H,(H,24,27). The molecule has 0 saturated heterocycles. The molecule has 0 unspecified atom stereocenters. The quantitative estimate of drug-likeness (QED) is 0.576. The first-order valence-corrected chi connectivity index (χ1v) is 8.22. The molecule has 5 nitrogen and oxygen atoms in total. The Balaban J connectivity index is 1.83. The Labute approximate surface area is 153 Å². The lowest BCUT2D eigenvalue weighted by atomic mass is 10.1. The molecule has 0 aliphatic rings. The van der Waals surface area contributed by atoms with Gasteiger partial charge < -0.3 is 5.32 Å². The maximum absolute atomic E-state index is 13.6. The molecular formula is C20H14F2N4O. The summed E-state index contributed by atoms with van der Waals surface area (Å²) in [6.45, 7) is 0. The van der Waals surface area contributed by atoms with Crippen LogP contribution in [0.2, 0.25) is 0 Å². The molecule has 0 aliphatic heterocycles. The zero-order valence-corrected chi connectivity index (χ0v) is 14.0. The van der Waals surface area contributed by atoms with Crippen LogP contribution in [0.4, 0.5) is 14.5 Å². The van der Waals surface area contributed by atoms with Crippen LogP contribution in [0, 0.1) is 0 Å². The van der Waals surface area contributed by atoms with E-state index in [0.717, 1.165) is 4.52 Å². The van der Waals surface area contributed by atoms with E-state index in [1.54, 1.807) is 48.5 Å². The zero-order valence-electron chi connectivity index (χ0n) is 14.0. The lowest BCUT2D eigenvalue weighted by molar-refractivity contribution is 0.102. The summed E-state index contributed by atoms with van der Waals surface area (Å²) in [6, 6.07) is 19.1. The van der Waals surface area contributed by atoms with Gasteiger partial charge in [-0.2, -0.15) is 5.10 Å². The number of carbonyl (C=O) groups excluding carboxylic acids is 1. The number of para-hydroxylation sites is 1. The average Bonchev–Trinajstić information content (AvgIpc) is 3.12. The van der Waals surface area contributed by atoms with Crippen molar-refractivity contribution in [2.24, 2.45) is 0 Å². The van der Waals surface area contributed by atoms with Gasteiger partial charge >= 0.3 is 0 Å². The van der Waals surface area contributed by atoms with E-state index in [1.165, 1.54) is 12.3 Å². The van der Waals surface area contributed by atoms with Crippen molar-refractivity contribution in [1.29, 1.82) is 0 Å². The summed E-state index contributed by atoms with van der Waals surface area (Å²) in [6.07, 6.45) is -1.51. The number of aromatic nitrogens is 3. The summed E-state index contributed by atoms with van der Waals surface area (Å²) < 4.78 is 28.1. The van der Waals surface area contributed by atoms with Gasteiger partial charge in [0.05, 0.1) is 11.9 Å². The monoisotopic (exact) mass is 364 g/mol. The van der Waals surface area contributed by atoms with E-state index in [0.29, 0.717) is 16.9 Å². The van der Waals surface area contributed by atoms with Crippen LogP contribution >= 0.6 is 0 Å². The Bertz CT molecular complexity index is 1100. The lowest BCUT2D eigenvalue weighted by Crippen LogP contribution is -2.12. The van der Waals surface area contributed by atoms with Gasteiger partial charge in [0, 0.05) is 11.3 Å². The van der Waals surface area contributed by atoms with Crippen LogP contribution in [-0.4, -0.2) is 20.5 Å². The van der Waals surface area contributed by atoms with Crippen LogP contribution in [0.1, 0.15) is 22.5 Å². The average molecular weight is 364 g/mol. The maximum atomic E-state index is 13.6. The van der Waals surface area contributed by atoms with Crippen molar-refractivity contribution in [1.82, 2.24) is 14.6 Å². The highest BCUT2D eigenvalue weighted by Crippen LogP contribution is 2.27. The molecule has 1 N–H and O–H groups in total. The minimum atomic E-state index is -2.76. The summed E-state index contributed by atoms with van der Waals surface area (Å²) in [5, 5.41) is 6.68. The second-order valence-corrected chi connectivity index (χ2v) is 5.85. The number of carbonyl (C=O) groups is 1. The molecule has 27 heavy (non-hydrogen) atoms. The van der Waals surface area contributed by atoms with Crippen molar-refractivity contribution < 1.29 is 13.6 Å². The number of alkyl halides is 2. The third-order valence-electron chi connectivity index (χ3n) is 4.07. The van der Waals surface area contributed by atoms with Gasteiger partial charge in [-0.05, 0) is 18.2 Å². The third-order valence-corrected chi connectivity index (χ3v) is 4.07. The van der Waals surface area contributed by atoms with Gasteiger partial charge in [0.2, 0.25) is 0 Å². The smallest absolute Gasteiger partial charge is 0.280 e. The Morgan fingerprint density at radius 3 is 2.33 bits per heavy atom. The maximum Gasteiger partial charge on any atom is 0.280 e. The highest BCUT2D eigenvalue weighted by Gasteiger charge is 2.21. The van der Waals surface area contributed by atoms with Crippen LogP contribution in [0.15, 0.2) is 72.9 Å². The predicted molar refractivity (Wildman–Crippen MR) is 97.8 cm³/mol.